The van der Waals surface area contributed by atoms with Crippen molar-refractivity contribution in [3.63, 3.8) is 0 Å². The first-order valence-corrected chi connectivity index (χ1v) is 8.10. The molecule has 25 heavy (non-hydrogen) atoms. The fourth-order valence-corrected chi connectivity index (χ4v) is 2.41. The van der Waals surface area contributed by atoms with Crippen molar-refractivity contribution in [3.8, 4) is 11.4 Å². The van der Waals surface area contributed by atoms with Gasteiger partial charge in [0.05, 0.1) is 0 Å². The number of nitrogen functional groups attached to an aromatic ring is 1. The number of aromatic nitrogens is 2. The molecule has 0 aliphatic heterocycles. The van der Waals surface area contributed by atoms with Gasteiger partial charge >= 0.3 is 5.97 Å². The monoisotopic (exact) mass is 373 g/mol. The van der Waals surface area contributed by atoms with Crippen LogP contribution in [0.3, 0.4) is 0 Å². The van der Waals surface area contributed by atoms with Crippen molar-refractivity contribution in [2.45, 2.75) is 6.61 Å². The van der Waals surface area contributed by atoms with Gasteiger partial charge in [-0.15, -0.1) is 0 Å². The van der Waals surface area contributed by atoms with Crippen molar-refractivity contribution < 1.29 is 9.53 Å². The fraction of sp³-hybridized carbons (Fsp3) is 0.0556. The van der Waals surface area contributed by atoms with Gasteiger partial charge in [-0.1, -0.05) is 53.5 Å². The maximum atomic E-state index is 12.4. The minimum Gasteiger partial charge on any atom is -0.456 e. The van der Waals surface area contributed by atoms with Crippen molar-refractivity contribution in [1.82, 2.24) is 9.97 Å². The first kappa shape index (κ1) is 17.2. The first-order valence-electron chi connectivity index (χ1n) is 7.34. The maximum Gasteiger partial charge on any atom is 0.359 e. The maximum absolute atomic E-state index is 12.4. The molecule has 1 heterocycles. The van der Waals surface area contributed by atoms with Gasteiger partial charge in [-0.3, -0.25) is 0 Å². The third kappa shape index (κ3) is 4.07. The summed E-state index contributed by atoms with van der Waals surface area (Å²) in [6.07, 6.45) is 0. The van der Waals surface area contributed by atoms with Crippen molar-refractivity contribution in [2.24, 2.45) is 0 Å². The molecule has 0 radical (unpaired) electrons. The van der Waals surface area contributed by atoms with Crippen LogP contribution in [-0.2, 0) is 11.3 Å². The molecule has 2 N–H and O–H groups in total. The summed E-state index contributed by atoms with van der Waals surface area (Å²) in [6, 6.07) is 16.1. The van der Waals surface area contributed by atoms with E-state index in [9.17, 15) is 4.79 Å². The SMILES string of the molecule is Nc1nc(-c2ccc(Cl)cc2)nc(C(=O)OCc2ccccc2)c1Cl. The Morgan fingerprint density at radius 1 is 1.00 bits per heavy atom. The van der Waals surface area contributed by atoms with Crippen LogP contribution in [0.15, 0.2) is 54.6 Å². The summed E-state index contributed by atoms with van der Waals surface area (Å²) < 4.78 is 5.27. The molecule has 0 fully saturated rings. The van der Waals surface area contributed by atoms with E-state index >= 15 is 0 Å². The predicted molar refractivity (Wildman–Crippen MR) is 97.5 cm³/mol. The molecule has 0 atom stereocenters. The van der Waals surface area contributed by atoms with Gasteiger partial charge in [0.15, 0.2) is 11.5 Å². The Kier molecular flexibility index (Phi) is 5.16. The molecule has 2 aromatic carbocycles. The van der Waals surface area contributed by atoms with Crippen LogP contribution in [-0.4, -0.2) is 15.9 Å². The molecule has 0 amide bonds. The number of nitrogens with two attached hydrogens (primary N) is 1. The summed E-state index contributed by atoms with van der Waals surface area (Å²) >= 11 is 12.0. The van der Waals surface area contributed by atoms with Crippen LogP contribution in [0.1, 0.15) is 16.1 Å². The Morgan fingerprint density at radius 3 is 2.36 bits per heavy atom. The van der Waals surface area contributed by atoms with E-state index < -0.39 is 5.97 Å². The average molecular weight is 374 g/mol. The van der Waals surface area contributed by atoms with Crippen LogP contribution in [0, 0.1) is 0 Å². The number of nitrogens with zero attached hydrogens (tertiary/aromatic N) is 2. The zero-order chi connectivity index (χ0) is 17.8. The number of ether oxygens (including phenoxy) is 1. The number of rotatable bonds is 4. The van der Waals surface area contributed by atoms with Gasteiger partial charge in [-0.05, 0) is 29.8 Å². The van der Waals surface area contributed by atoms with E-state index in [0.29, 0.717) is 10.6 Å². The zero-order valence-electron chi connectivity index (χ0n) is 12.9. The third-order valence-electron chi connectivity index (χ3n) is 3.39. The highest BCUT2D eigenvalue weighted by molar-refractivity contribution is 6.35. The largest absolute Gasteiger partial charge is 0.456 e. The predicted octanol–water partition coefficient (Wildman–Crippen LogP) is 4.39. The Morgan fingerprint density at radius 2 is 1.68 bits per heavy atom. The summed E-state index contributed by atoms with van der Waals surface area (Å²) in [6.45, 7) is 0.107. The summed E-state index contributed by atoms with van der Waals surface area (Å²) in [5.74, 6) is -0.392. The molecule has 0 bridgehead atoms. The molecular formula is C18H13Cl2N3O2. The summed E-state index contributed by atoms with van der Waals surface area (Å²) in [7, 11) is 0. The number of carbonyl (C=O) groups is 1. The van der Waals surface area contributed by atoms with Gasteiger partial charge in [0.25, 0.3) is 0 Å². The van der Waals surface area contributed by atoms with E-state index in [4.69, 9.17) is 33.7 Å². The molecule has 1 aromatic heterocycles. The van der Waals surface area contributed by atoms with Gasteiger partial charge < -0.3 is 10.5 Å². The first-order chi connectivity index (χ1) is 12.0. The zero-order valence-corrected chi connectivity index (χ0v) is 14.5. The molecule has 3 aromatic rings. The molecular weight excluding hydrogens is 361 g/mol. The second-order valence-electron chi connectivity index (χ2n) is 5.16. The van der Waals surface area contributed by atoms with Crippen LogP contribution < -0.4 is 5.73 Å². The van der Waals surface area contributed by atoms with Gasteiger partial charge in [0, 0.05) is 10.6 Å². The minimum absolute atomic E-state index is 0.00766. The summed E-state index contributed by atoms with van der Waals surface area (Å²) in [5.41, 5.74) is 7.25. The van der Waals surface area contributed by atoms with E-state index in [0.717, 1.165) is 5.56 Å². The lowest BCUT2D eigenvalue weighted by atomic mass is 10.2. The Bertz CT molecular complexity index is 900. The number of halogens is 2. The van der Waals surface area contributed by atoms with Crippen molar-refractivity contribution >= 4 is 35.0 Å². The number of anilines is 1. The molecule has 7 heteroatoms. The molecule has 0 aliphatic carbocycles. The van der Waals surface area contributed by atoms with Crippen LogP contribution in [0.4, 0.5) is 5.82 Å². The Hall–Kier alpha value is -2.63. The van der Waals surface area contributed by atoms with E-state index in [1.807, 2.05) is 30.3 Å². The number of benzene rings is 2. The second kappa shape index (κ2) is 7.51. The van der Waals surface area contributed by atoms with Crippen LogP contribution in [0.25, 0.3) is 11.4 Å². The van der Waals surface area contributed by atoms with Crippen molar-refractivity contribution in [1.29, 1.82) is 0 Å². The molecule has 3 rings (SSSR count). The average Bonchev–Trinajstić information content (AvgIpc) is 2.63. The number of esters is 1. The normalized spacial score (nSPS) is 10.5. The third-order valence-corrected chi connectivity index (χ3v) is 4.01. The van der Waals surface area contributed by atoms with Gasteiger partial charge in [-0.25, -0.2) is 14.8 Å². The smallest absolute Gasteiger partial charge is 0.359 e. The lowest BCUT2D eigenvalue weighted by molar-refractivity contribution is 0.0466. The van der Waals surface area contributed by atoms with Gasteiger partial charge in [0.2, 0.25) is 0 Å². The highest BCUT2D eigenvalue weighted by atomic mass is 35.5. The van der Waals surface area contributed by atoms with E-state index in [1.165, 1.54) is 0 Å². The van der Waals surface area contributed by atoms with Gasteiger partial charge in [-0.2, -0.15) is 0 Å². The summed E-state index contributed by atoms with van der Waals surface area (Å²) in [4.78, 5) is 20.7. The highest BCUT2D eigenvalue weighted by Crippen LogP contribution is 2.26. The number of hydrogen-bond donors (Lipinski definition) is 1. The number of carbonyl (C=O) groups excluding carboxylic acids is 1. The summed E-state index contributed by atoms with van der Waals surface area (Å²) in [5, 5.41) is 0.545. The number of hydrogen-bond acceptors (Lipinski definition) is 5. The van der Waals surface area contributed by atoms with Crippen LogP contribution in [0.2, 0.25) is 10.0 Å². The van der Waals surface area contributed by atoms with Crippen molar-refractivity contribution in [3.05, 3.63) is 75.9 Å². The van der Waals surface area contributed by atoms with Gasteiger partial charge in [0.1, 0.15) is 17.4 Å². The lowest BCUT2D eigenvalue weighted by Crippen LogP contribution is -2.11. The van der Waals surface area contributed by atoms with Crippen LogP contribution in [0.5, 0.6) is 0 Å². The minimum atomic E-state index is -0.668. The molecule has 0 saturated heterocycles. The molecule has 126 valence electrons. The molecule has 0 spiro atoms. The fourth-order valence-electron chi connectivity index (χ4n) is 2.12. The molecule has 0 saturated carbocycles. The Balaban J connectivity index is 1.87. The quantitative estimate of drug-likeness (QED) is 0.686. The Labute approximate surface area is 154 Å². The topological polar surface area (TPSA) is 78.1 Å². The molecule has 0 unspecified atom stereocenters. The van der Waals surface area contributed by atoms with Crippen molar-refractivity contribution in [2.75, 3.05) is 5.73 Å². The van der Waals surface area contributed by atoms with E-state index in [-0.39, 0.29) is 29.0 Å². The molecule has 0 aliphatic rings. The standard InChI is InChI=1S/C18H13Cl2N3O2/c19-13-8-6-12(7-9-13)17-22-15(14(20)16(21)23-17)18(24)25-10-11-4-2-1-3-5-11/h1-9H,10H2,(H2,21,22,23). The molecule has 5 nitrogen and oxygen atoms in total. The van der Waals surface area contributed by atoms with E-state index in [1.54, 1.807) is 24.3 Å². The highest BCUT2D eigenvalue weighted by Gasteiger charge is 2.19. The lowest BCUT2D eigenvalue weighted by Gasteiger charge is -2.09. The van der Waals surface area contributed by atoms with Crippen LogP contribution >= 0.6 is 23.2 Å². The second-order valence-corrected chi connectivity index (χ2v) is 5.98. The van der Waals surface area contributed by atoms with E-state index in [2.05, 4.69) is 9.97 Å².